The molecule has 0 radical (unpaired) electrons. The van der Waals surface area contributed by atoms with Gasteiger partial charge in [-0.3, -0.25) is 0 Å². The van der Waals surface area contributed by atoms with Crippen molar-refractivity contribution in [1.29, 1.82) is 0 Å². The maximum atomic E-state index is 14.1. The molecule has 3 aromatic carbocycles. The van der Waals surface area contributed by atoms with Crippen LogP contribution in [0.5, 0.6) is 5.75 Å². The molecule has 0 bridgehead atoms. The molecule has 2 nitrogen and oxygen atoms in total. The van der Waals surface area contributed by atoms with Crippen molar-refractivity contribution >= 4 is 23.1 Å². The summed E-state index contributed by atoms with van der Waals surface area (Å²) in [6.45, 7) is 3.59. The molecule has 0 N–H and O–H groups in total. The lowest BCUT2D eigenvalue weighted by atomic mass is 9.99. The predicted molar refractivity (Wildman–Crippen MR) is 115 cm³/mol. The van der Waals surface area contributed by atoms with Gasteiger partial charge in [-0.1, -0.05) is 36.1 Å². The summed E-state index contributed by atoms with van der Waals surface area (Å²) in [7, 11) is 0. The van der Waals surface area contributed by atoms with Gasteiger partial charge in [0.2, 0.25) is 0 Å². The first kappa shape index (κ1) is 22.2. The van der Waals surface area contributed by atoms with Crippen molar-refractivity contribution < 1.29 is 22.3 Å². The summed E-state index contributed by atoms with van der Waals surface area (Å²) in [5.74, 6) is 5.16. The predicted octanol–water partition coefficient (Wildman–Crippen LogP) is 7.14. The number of isothiocyanates is 1. The Morgan fingerprint density at radius 2 is 1.55 bits per heavy atom. The second-order valence-electron chi connectivity index (χ2n) is 6.68. The van der Waals surface area contributed by atoms with Crippen molar-refractivity contribution in [3.05, 3.63) is 82.7 Å². The van der Waals surface area contributed by atoms with E-state index < -0.39 is 12.2 Å². The van der Waals surface area contributed by atoms with Crippen LogP contribution in [0, 0.1) is 31.5 Å². The molecule has 0 unspecified atom stereocenters. The number of ether oxygens (including phenoxy) is 1. The van der Waals surface area contributed by atoms with E-state index in [1.165, 1.54) is 18.2 Å². The van der Waals surface area contributed by atoms with Crippen LogP contribution in [0.15, 0.2) is 59.6 Å². The van der Waals surface area contributed by atoms with E-state index in [0.717, 1.165) is 22.3 Å². The zero-order valence-electron chi connectivity index (χ0n) is 16.5. The lowest BCUT2D eigenvalue weighted by molar-refractivity contribution is -0.274. The first-order chi connectivity index (χ1) is 14.7. The van der Waals surface area contributed by atoms with Gasteiger partial charge in [0.1, 0.15) is 11.4 Å². The van der Waals surface area contributed by atoms with E-state index in [0.29, 0.717) is 11.1 Å². The Hall–Kier alpha value is -3.46. The highest BCUT2D eigenvalue weighted by atomic mass is 32.1. The average molecular weight is 441 g/mol. The Bertz CT molecular complexity index is 1210. The molecule has 7 heteroatoms. The molecule has 0 atom stereocenters. The van der Waals surface area contributed by atoms with Crippen molar-refractivity contribution in [3.8, 4) is 28.7 Å². The maximum absolute atomic E-state index is 14.1. The minimum absolute atomic E-state index is 0.146. The summed E-state index contributed by atoms with van der Waals surface area (Å²) in [6, 6.07) is 14.2. The van der Waals surface area contributed by atoms with E-state index in [1.54, 1.807) is 25.1 Å². The third kappa shape index (κ3) is 5.79. The van der Waals surface area contributed by atoms with E-state index in [4.69, 9.17) is 0 Å². The molecule has 0 aliphatic heterocycles. The molecule has 0 aliphatic carbocycles. The number of hydrogen-bond donors (Lipinski definition) is 0. The molecule has 0 amide bonds. The monoisotopic (exact) mass is 441 g/mol. The topological polar surface area (TPSA) is 21.6 Å². The van der Waals surface area contributed by atoms with Crippen LogP contribution < -0.4 is 4.74 Å². The molecule has 0 fully saturated rings. The van der Waals surface area contributed by atoms with Gasteiger partial charge < -0.3 is 4.74 Å². The van der Waals surface area contributed by atoms with Gasteiger partial charge in [-0.2, -0.15) is 4.99 Å². The zero-order valence-corrected chi connectivity index (χ0v) is 17.3. The molecule has 0 saturated carbocycles. The highest BCUT2D eigenvalue weighted by molar-refractivity contribution is 7.78. The zero-order chi connectivity index (χ0) is 22.6. The molecule has 0 saturated heterocycles. The normalized spacial score (nSPS) is 10.6. The number of aryl methyl sites for hydroxylation is 2. The van der Waals surface area contributed by atoms with E-state index in [2.05, 4.69) is 38.9 Å². The van der Waals surface area contributed by atoms with Gasteiger partial charge in [0, 0.05) is 11.1 Å². The quantitative estimate of drug-likeness (QED) is 0.186. The average Bonchev–Trinajstić information content (AvgIpc) is 2.69. The smallest absolute Gasteiger partial charge is 0.406 e. The van der Waals surface area contributed by atoms with Gasteiger partial charge >= 0.3 is 6.36 Å². The number of benzene rings is 3. The summed E-state index contributed by atoms with van der Waals surface area (Å²) in [5, 5.41) is 2.16. The minimum Gasteiger partial charge on any atom is -0.406 e. The molecule has 156 valence electrons. The fourth-order valence-electron chi connectivity index (χ4n) is 2.97. The van der Waals surface area contributed by atoms with Crippen molar-refractivity contribution in [2.45, 2.75) is 20.2 Å². The fourth-order valence-corrected chi connectivity index (χ4v) is 3.06. The Kier molecular flexibility index (Phi) is 6.55. The highest BCUT2D eigenvalue weighted by Gasteiger charge is 2.30. The molecule has 0 aromatic heterocycles. The van der Waals surface area contributed by atoms with Crippen molar-refractivity contribution in [2.24, 2.45) is 4.99 Å². The van der Waals surface area contributed by atoms with Crippen LogP contribution in [0.2, 0.25) is 0 Å². The van der Waals surface area contributed by atoms with Crippen molar-refractivity contribution in [2.75, 3.05) is 0 Å². The van der Waals surface area contributed by atoms with Gasteiger partial charge in [0.05, 0.1) is 5.16 Å². The number of thiocarbonyl (C=S) groups is 1. The number of alkyl halides is 3. The third-order valence-electron chi connectivity index (χ3n) is 4.40. The largest absolute Gasteiger partial charge is 0.573 e. The SMILES string of the molecule is Cc1cc(-c2ccc(OC(F)(F)F)cc2)ccc1C#Cc1cc(C)c(N=C=S)c(F)c1. The Balaban J connectivity index is 1.83. The Labute approximate surface area is 182 Å². The van der Waals surface area contributed by atoms with Gasteiger partial charge in [-0.15, -0.1) is 13.2 Å². The van der Waals surface area contributed by atoms with Crippen LogP contribution in [0.1, 0.15) is 22.3 Å². The lowest BCUT2D eigenvalue weighted by Crippen LogP contribution is -2.16. The van der Waals surface area contributed by atoms with Gasteiger partial charge in [-0.25, -0.2) is 4.39 Å². The van der Waals surface area contributed by atoms with Crippen LogP contribution in [0.25, 0.3) is 11.1 Å². The number of halogens is 4. The molecular formula is C24H15F4NOS. The minimum atomic E-state index is -4.72. The van der Waals surface area contributed by atoms with Crippen molar-refractivity contribution in [3.63, 3.8) is 0 Å². The van der Waals surface area contributed by atoms with E-state index in [1.807, 2.05) is 25.1 Å². The van der Waals surface area contributed by atoms with Gasteiger partial charge in [0.25, 0.3) is 0 Å². The van der Waals surface area contributed by atoms with Crippen LogP contribution >= 0.6 is 12.2 Å². The molecule has 31 heavy (non-hydrogen) atoms. The molecule has 0 spiro atoms. The van der Waals surface area contributed by atoms with Gasteiger partial charge in [0.15, 0.2) is 5.82 Å². The van der Waals surface area contributed by atoms with E-state index in [-0.39, 0.29) is 11.4 Å². The highest BCUT2D eigenvalue weighted by Crippen LogP contribution is 2.28. The second kappa shape index (κ2) is 9.13. The fraction of sp³-hybridized carbons (Fsp3) is 0.125. The Morgan fingerprint density at radius 3 is 2.13 bits per heavy atom. The van der Waals surface area contributed by atoms with Crippen LogP contribution in [-0.2, 0) is 0 Å². The van der Waals surface area contributed by atoms with Crippen LogP contribution in [0.3, 0.4) is 0 Å². The van der Waals surface area contributed by atoms with Gasteiger partial charge in [-0.05, 0) is 78.7 Å². The molecule has 3 rings (SSSR count). The molecule has 3 aromatic rings. The van der Waals surface area contributed by atoms with E-state index >= 15 is 0 Å². The lowest BCUT2D eigenvalue weighted by Gasteiger charge is -2.10. The summed E-state index contributed by atoms with van der Waals surface area (Å²) in [6.07, 6.45) is -4.72. The molecular weight excluding hydrogens is 426 g/mol. The first-order valence-electron chi connectivity index (χ1n) is 9.03. The second-order valence-corrected chi connectivity index (χ2v) is 6.86. The van der Waals surface area contributed by atoms with Crippen LogP contribution in [0.4, 0.5) is 23.2 Å². The number of hydrogen-bond acceptors (Lipinski definition) is 3. The standard InChI is InChI=1S/C24H15F4NOS/c1-15-12-20(19-7-9-21(10-8-19)30-24(26,27)28)6-5-18(15)4-3-17-11-16(2)23(29-14-31)22(25)13-17/h5-13H,1-2H3. The maximum Gasteiger partial charge on any atom is 0.573 e. The summed E-state index contributed by atoms with van der Waals surface area (Å²) >= 11 is 4.53. The molecule has 0 aliphatic rings. The van der Waals surface area contributed by atoms with Crippen molar-refractivity contribution in [1.82, 2.24) is 0 Å². The van der Waals surface area contributed by atoms with E-state index in [9.17, 15) is 17.6 Å². The number of aliphatic imine (C=N–C) groups is 1. The summed E-state index contributed by atoms with van der Waals surface area (Å²) in [4.78, 5) is 3.72. The number of nitrogens with zero attached hydrogens (tertiary/aromatic N) is 1. The third-order valence-corrected chi connectivity index (χ3v) is 4.49. The molecule has 0 heterocycles. The summed E-state index contributed by atoms with van der Waals surface area (Å²) in [5.41, 5.74) is 4.44. The Morgan fingerprint density at radius 1 is 0.871 bits per heavy atom. The van der Waals surface area contributed by atoms with Crippen LogP contribution in [-0.4, -0.2) is 11.5 Å². The summed E-state index contributed by atoms with van der Waals surface area (Å²) < 4.78 is 54.9. The first-order valence-corrected chi connectivity index (χ1v) is 9.44. The number of rotatable bonds is 3.